The van der Waals surface area contributed by atoms with Gasteiger partial charge in [-0.15, -0.1) is 0 Å². The zero-order valence-electron chi connectivity index (χ0n) is 63.2. The summed E-state index contributed by atoms with van der Waals surface area (Å²) in [7, 11) is 0. The third kappa shape index (κ3) is 35.4. The number of carbonyl (C=O) groups is 16. The first-order valence-electron chi connectivity index (χ1n) is 35.7. The van der Waals surface area contributed by atoms with Crippen LogP contribution in [0.2, 0.25) is 0 Å². The number of carboxylic acids is 3. The Balaban J connectivity index is 2.44. The predicted molar refractivity (Wildman–Crippen MR) is 399 cm³/mol. The van der Waals surface area contributed by atoms with Crippen molar-refractivity contribution in [2.45, 2.75) is 212 Å². The molecule has 610 valence electrons. The number of aliphatic carboxylic acids is 3. The first kappa shape index (κ1) is 94.5. The number of primary amides is 1. The summed E-state index contributed by atoms with van der Waals surface area (Å²) >= 11 is 0. The molecule has 0 saturated heterocycles. The summed E-state index contributed by atoms with van der Waals surface area (Å²) in [6.07, 6.45) is -4.94. The monoisotopic (exact) mass is 1550 g/mol. The van der Waals surface area contributed by atoms with Crippen molar-refractivity contribution in [2.75, 3.05) is 19.6 Å². The maximum atomic E-state index is 14.7. The van der Waals surface area contributed by atoms with Gasteiger partial charge in [0.1, 0.15) is 66.5 Å². The number of aliphatic imine (C=N–C) groups is 2. The number of nitrogens with zero attached hydrogens (tertiary/aromatic N) is 2. The normalized spacial score (nSPS) is 14.9. The zero-order chi connectivity index (χ0) is 83.2. The SMILES string of the molecule is CC[C@H](C)[C@H](NC(=O)[C@H](Cc1ccccc1)NC(=O)[C@@H](NC(=O)[C@@H](NC(=O)[C@H](CCCN=C(N)N)NC(=O)[C@@H](N)CC(=O)O)C(C)C)C(C)C)C(=O)N[C@@H](CC(N)=O)C(=O)N[C@H](C(=O)NCC(=O)N[C@@H](Cc1ccccc1)C(=O)N[C@@H](CC(C)C)C(=O)N[C@@H](CC(=O)O)C(=O)N[C@@H](CCCN=C(N)N)C(=O)O)[C@@H](C)O. The van der Waals surface area contributed by atoms with Gasteiger partial charge in [-0.1, -0.05) is 122 Å². The van der Waals surface area contributed by atoms with Crippen molar-refractivity contribution < 1.29 is 97.1 Å². The van der Waals surface area contributed by atoms with Crippen molar-refractivity contribution in [3.63, 3.8) is 0 Å². The Kier molecular flexibility index (Phi) is 41.2. The summed E-state index contributed by atoms with van der Waals surface area (Å²) in [5.74, 6) is -21.0. The molecule has 0 aromatic heterocycles. The van der Waals surface area contributed by atoms with Crippen LogP contribution in [0, 0.1) is 23.7 Å². The van der Waals surface area contributed by atoms with E-state index >= 15 is 0 Å². The predicted octanol–water partition coefficient (Wildman–Crippen LogP) is -5.95. The molecule has 14 atom stereocenters. The smallest absolute Gasteiger partial charge is 0.326 e. The number of carbonyl (C=O) groups excluding carboxylic acids is 13. The van der Waals surface area contributed by atoms with E-state index in [2.05, 4.69) is 73.8 Å². The van der Waals surface area contributed by atoms with E-state index in [-0.39, 0.29) is 82.3 Å². The van der Waals surface area contributed by atoms with E-state index in [1.165, 1.54) is 0 Å². The third-order valence-corrected chi connectivity index (χ3v) is 16.9. The van der Waals surface area contributed by atoms with Crippen LogP contribution >= 0.6 is 0 Å². The molecule has 0 aliphatic heterocycles. The number of nitrogens with one attached hydrogen (secondary N) is 12. The molecular weight excluding hydrogens is 1440 g/mol. The number of hydrogen-bond donors (Lipinski definition) is 22. The average molecular weight is 1550 g/mol. The van der Waals surface area contributed by atoms with Crippen molar-refractivity contribution in [3.05, 3.63) is 71.8 Å². The van der Waals surface area contributed by atoms with Crippen LogP contribution in [0.5, 0.6) is 0 Å². The Hall–Kier alpha value is -11.6. The number of carboxylic acid groups (broad SMARTS) is 3. The highest BCUT2D eigenvalue weighted by Crippen LogP contribution is 2.16. The van der Waals surface area contributed by atoms with Gasteiger partial charge in [0.15, 0.2) is 11.9 Å². The third-order valence-electron chi connectivity index (χ3n) is 16.9. The Morgan fingerprint density at radius 3 is 1.25 bits per heavy atom. The molecule has 0 aliphatic carbocycles. The van der Waals surface area contributed by atoms with Gasteiger partial charge in [0.2, 0.25) is 76.8 Å². The zero-order valence-corrected chi connectivity index (χ0v) is 63.2. The summed E-state index contributed by atoms with van der Waals surface area (Å²) in [5.41, 5.74) is 33.8. The van der Waals surface area contributed by atoms with Gasteiger partial charge in [0, 0.05) is 25.9 Å². The summed E-state index contributed by atoms with van der Waals surface area (Å²) in [6, 6.07) is -2.66. The summed E-state index contributed by atoms with van der Waals surface area (Å²) in [5, 5.41) is 68.9. The minimum Gasteiger partial charge on any atom is -0.481 e. The fourth-order valence-corrected chi connectivity index (χ4v) is 10.8. The van der Waals surface area contributed by atoms with Crippen LogP contribution in [0.4, 0.5) is 0 Å². The number of aliphatic hydroxyl groups is 1. The van der Waals surface area contributed by atoms with Gasteiger partial charge in [-0.3, -0.25) is 81.9 Å². The van der Waals surface area contributed by atoms with Crippen LogP contribution in [0.1, 0.15) is 131 Å². The first-order valence-corrected chi connectivity index (χ1v) is 35.7. The highest BCUT2D eigenvalue weighted by atomic mass is 16.4. The quantitative estimate of drug-likeness (QED) is 0.0167. The average Bonchev–Trinajstić information content (AvgIpc) is 0.841. The van der Waals surface area contributed by atoms with Crippen LogP contribution < -0.4 is 98.2 Å². The molecule has 110 heavy (non-hydrogen) atoms. The molecule has 2 rings (SSSR count). The lowest BCUT2D eigenvalue weighted by atomic mass is 9.96. The lowest BCUT2D eigenvalue weighted by Gasteiger charge is -2.31. The molecule has 0 aliphatic rings. The van der Waals surface area contributed by atoms with Gasteiger partial charge in [-0.25, -0.2) is 4.79 Å². The molecule has 0 unspecified atom stereocenters. The number of hydrogen-bond acceptors (Lipinski definition) is 20. The second-order valence-electron chi connectivity index (χ2n) is 27.5. The van der Waals surface area contributed by atoms with Crippen LogP contribution in [-0.4, -0.2) is 225 Å². The number of amides is 13. The van der Waals surface area contributed by atoms with E-state index in [1.54, 1.807) is 116 Å². The number of rotatable bonds is 50. The molecule has 40 nitrogen and oxygen atoms in total. The number of benzene rings is 2. The molecule has 28 N–H and O–H groups in total. The lowest BCUT2D eigenvalue weighted by Crippen LogP contribution is -2.63. The highest BCUT2D eigenvalue weighted by Gasteiger charge is 2.40. The topological polar surface area (TPSA) is 679 Å². The highest BCUT2D eigenvalue weighted by molar-refractivity contribution is 6.01. The molecular formula is C70H110N20O20. The molecule has 40 heteroatoms. The van der Waals surface area contributed by atoms with Crippen LogP contribution in [0.15, 0.2) is 70.6 Å². The Morgan fingerprint density at radius 1 is 0.409 bits per heavy atom. The largest absolute Gasteiger partial charge is 0.481 e. The van der Waals surface area contributed by atoms with E-state index < -0.39 is 217 Å². The maximum Gasteiger partial charge on any atom is 0.326 e. The van der Waals surface area contributed by atoms with Crippen molar-refractivity contribution in [1.82, 2.24) is 63.8 Å². The Bertz CT molecular complexity index is 3540. The molecule has 0 saturated carbocycles. The minimum absolute atomic E-state index is 0.00264. The van der Waals surface area contributed by atoms with Crippen molar-refractivity contribution >= 4 is 107 Å². The fourth-order valence-electron chi connectivity index (χ4n) is 10.8. The molecule has 13 amide bonds. The van der Waals surface area contributed by atoms with E-state index in [4.69, 9.17) is 34.4 Å². The van der Waals surface area contributed by atoms with E-state index in [9.17, 15) is 97.1 Å². The van der Waals surface area contributed by atoms with Crippen molar-refractivity contribution in [1.29, 1.82) is 0 Å². The molecule has 0 fully saturated rings. The number of guanidine groups is 2. The maximum absolute atomic E-state index is 14.7. The van der Waals surface area contributed by atoms with Crippen LogP contribution in [-0.2, 0) is 89.6 Å². The van der Waals surface area contributed by atoms with Crippen molar-refractivity contribution in [3.8, 4) is 0 Å². The number of aliphatic hydroxyl groups excluding tert-OH is 1. The van der Waals surface area contributed by atoms with Crippen molar-refractivity contribution in [2.24, 2.45) is 68.1 Å². The molecule has 0 bridgehead atoms. The standard InChI is InChI=1S/C70H110N20O20/c1-10-37(8)55(89-62(103)46(29-40-21-15-12-16-22-40)85-65(106)53(35(4)5)88-66(107)54(36(6)7)87-58(99)42(23-17-25-77-69(73)74)81-57(98)41(71)30-51(94)95)67(108)86-47(31-49(72)92)63(104)90-56(38(9)91)64(105)79-33-50(93)80-45(28-39-19-13-11-14-20-39)60(101)83-44(27-34(2)3)59(100)84-48(32-52(96)97)61(102)82-43(68(109)110)24-18-26-78-70(75)76/h11-16,19-22,34-38,41-48,53-56,91H,10,17-18,23-33,71H2,1-9H3,(H2,72,92)(H,79,105)(H,80,93)(H,81,98)(H,82,102)(H,83,101)(H,84,100)(H,85,106)(H,86,108)(H,87,99)(H,88,107)(H,89,103)(H,90,104)(H,94,95)(H,96,97)(H,109,110)(H4,73,74,77)(H4,75,76,78)/t37-,38+,41-,42-,43-,44-,45-,46-,47-,48-,53-,54-,55-,56-/m0/s1. The van der Waals surface area contributed by atoms with Gasteiger partial charge >= 0.3 is 17.9 Å². The Labute approximate surface area is 636 Å². The summed E-state index contributed by atoms with van der Waals surface area (Å²) in [4.78, 5) is 224. The summed E-state index contributed by atoms with van der Waals surface area (Å²) < 4.78 is 0. The Morgan fingerprint density at radius 2 is 0.782 bits per heavy atom. The molecule has 0 radical (unpaired) electrons. The molecule has 0 heterocycles. The van der Waals surface area contributed by atoms with Gasteiger partial charge < -0.3 is 119 Å². The van der Waals surface area contributed by atoms with Crippen LogP contribution in [0.25, 0.3) is 0 Å². The number of nitrogens with two attached hydrogens (primary N) is 6. The van der Waals surface area contributed by atoms with Gasteiger partial charge in [-0.05, 0) is 73.8 Å². The molecule has 0 spiro atoms. The van der Waals surface area contributed by atoms with Gasteiger partial charge in [0.25, 0.3) is 0 Å². The molecule has 2 aromatic rings. The second kappa shape index (κ2) is 48.0. The minimum atomic E-state index is -1.94. The molecule has 2 aromatic carbocycles. The summed E-state index contributed by atoms with van der Waals surface area (Å²) in [6.45, 7) is 13.1. The van der Waals surface area contributed by atoms with Crippen LogP contribution in [0.3, 0.4) is 0 Å². The van der Waals surface area contributed by atoms with E-state index in [1.807, 2.05) is 0 Å². The first-order chi connectivity index (χ1) is 51.5. The van der Waals surface area contributed by atoms with E-state index in [0.717, 1.165) is 6.92 Å². The van der Waals surface area contributed by atoms with Gasteiger partial charge in [0.05, 0.1) is 38.0 Å². The van der Waals surface area contributed by atoms with Gasteiger partial charge in [-0.2, -0.15) is 0 Å². The van der Waals surface area contributed by atoms with E-state index in [0.29, 0.717) is 11.1 Å². The lowest BCUT2D eigenvalue weighted by molar-refractivity contribution is -0.144. The fraction of sp³-hybridized carbons (Fsp3) is 0.571. The second-order valence-corrected chi connectivity index (χ2v) is 27.5.